The smallest absolute Gasteiger partial charge is 0.223 e. The van der Waals surface area contributed by atoms with Crippen LogP contribution in [0.15, 0.2) is 0 Å². The molecular formula is C12H25N3O. The van der Waals surface area contributed by atoms with Gasteiger partial charge in [0.15, 0.2) is 0 Å². The van der Waals surface area contributed by atoms with Crippen LogP contribution in [0.3, 0.4) is 0 Å². The van der Waals surface area contributed by atoms with Gasteiger partial charge in [-0.25, -0.2) is 0 Å². The Morgan fingerprint density at radius 2 is 2.12 bits per heavy atom. The Hall–Kier alpha value is -0.610. The molecule has 4 heteroatoms. The molecule has 1 fully saturated rings. The lowest BCUT2D eigenvalue weighted by atomic mass is 9.99. The van der Waals surface area contributed by atoms with Gasteiger partial charge in [-0.2, -0.15) is 0 Å². The van der Waals surface area contributed by atoms with Crippen LogP contribution in [-0.2, 0) is 4.79 Å². The average Bonchev–Trinajstić information content (AvgIpc) is 2.27. The van der Waals surface area contributed by atoms with E-state index in [4.69, 9.17) is 0 Å². The second-order valence-corrected chi connectivity index (χ2v) is 5.04. The molecule has 0 saturated carbocycles. The summed E-state index contributed by atoms with van der Waals surface area (Å²) in [6, 6.07) is 0. The molecule has 1 unspecified atom stereocenters. The van der Waals surface area contributed by atoms with E-state index in [1.807, 2.05) is 30.9 Å². The Morgan fingerprint density at radius 3 is 2.69 bits per heavy atom. The number of rotatable bonds is 5. The van der Waals surface area contributed by atoms with E-state index in [1.54, 1.807) is 0 Å². The highest BCUT2D eigenvalue weighted by Crippen LogP contribution is 2.11. The third-order valence-corrected chi connectivity index (χ3v) is 3.13. The first-order valence-corrected chi connectivity index (χ1v) is 6.19. The fourth-order valence-corrected chi connectivity index (χ4v) is 2.08. The van der Waals surface area contributed by atoms with E-state index in [-0.39, 0.29) is 5.91 Å². The number of hydrogen-bond donors (Lipinski definition) is 1. The molecule has 0 aliphatic carbocycles. The summed E-state index contributed by atoms with van der Waals surface area (Å²) in [5.41, 5.74) is 0. The molecule has 0 bridgehead atoms. The molecule has 0 aromatic rings. The minimum absolute atomic E-state index is 0.263. The molecule has 1 heterocycles. The van der Waals surface area contributed by atoms with Crippen molar-refractivity contribution in [2.75, 3.05) is 47.3 Å². The van der Waals surface area contributed by atoms with Crippen molar-refractivity contribution in [1.29, 1.82) is 0 Å². The Bertz CT molecular complexity index is 212. The number of piperidine rings is 1. The van der Waals surface area contributed by atoms with E-state index in [1.165, 1.54) is 12.8 Å². The zero-order valence-corrected chi connectivity index (χ0v) is 10.8. The summed E-state index contributed by atoms with van der Waals surface area (Å²) in [4.78, 5) is 15.7. The molecule has 0 aromatic heterocycles. The fraction of sp³-hybridized carbons (Fsp3) is 0.917. The van der Waals surface area contributed by atoms with E-state index in [0.29, 0.717) is 12.3 Å². The van der Waals surface area contributed by atoms with Gasteiger partial charge in [-0.1, -0.05) is 0 Å². The first kappa shape index (κ1) is 13.5. The van der Waals surface area contributed by atoms with Crippen LogP contribution in [-0.4, -0.2) is 63.0 Å². The van der Waals surface area contributed by atoms with Crippen LogP contribution in [0.25, 0.3) is 0 Å². The summed E-state index contributed by atoms with van der Waals surface area (Å²) < 4.78 is 0. The molecule has 1 atom stereocenters. The van der Waals surface area contributed by atoms with Gasteiger partial charge in [0.05, 0.1) is 0 Å². The minimum atomic E-state index is 0.263. The van der Waals surface area contributed by atoms with Gasteiger partial charge >= 0.3 is 0 Å². The standard InChI is InChI=1S/C12H25N3O/c1-14(2)8-6-12(16)15(3)10-11-5-4-7-13-9-11/h11,13H,4-10H2,1-3H3. The van der Waals surface area contributed by atoms with Crippen LogP contribution in [0.4, 0.5) is 0 Å². The quantitative estimate of drug-likeness (QED) is 0.738. The van der Waals surface area contributed by atoms with Crippen molar-refractivity contribution in [2.45, 2.75) is 19.3 Å². The normalized spacial score (nSPS) is 21.1. The SMILES string of the molecule is CN(C)CCC(=O)N(C)CC1CCCNC1. The summed E-state index contributed by atoms with van der Waals surface area (Å²) >= 11 is 0. The van der Waals surface area contributed by atoms with Crippen molar-refractivity contribution in [2.24, 2.45) is 5.92 Å². The maximum absolute atomic E-state index is 11.8. The van der Waals surface area contributed by atoms with E-state index in [2.05, 4.69) is 5.32 Å². The molecule has 1 saturated heterocycles. The Kier molecular flexibility index (Phi) is 5.77. The predicted octanol–water partition coefficient (Wildman–Crippen LogP) is 0.396. The molecule has 1 aliphatic rings. The summed E-state index contributed by atoms with van der Waals surface area (Å²) in [5.74, 6) is 0.904. The van der Waals surface area contributed by atoms with Crippen molar-refractivity contribution in [1.82, 2.24) is 15.1 Å². The van der Waals surface area contributed by atoms with Crippen molar-refractivity contribution in [3.8, 4) is 0 Å². The van der Waals surface area contributed by atoms with E-state index in [0.717, 1.165) is 26.2 Å². The van der Waals surface area contributed by atoms with Gasteiger partial charge in [0.2, 0.25) is 5.91 Å². The van der Waals surface area contributed by atoms with Gasteiger partial charge in [-0.15, -0.1) is 0 Å². The molecule has 16 heavy (non-hydrogen) atoms. The number of amides is 1. The molecule has 1 N–H and O–H groups in total. The van der Waals surface area contributed by atoms with Gasteiger partial charge in [-0.3, -0.25) is 4.79 Å². The van der Waals surface area contributed by atoms with E-state index >= 15 is 0 Å². The van der Waals surface area contributed by atoms with Crippen LogP contribution < -0.4 is 5.32 Å². The van der Waals surface area contributed by atoms with Gasteiger partial charge in [0.1, 0.15) is 0 Å². The van der Waals surface area contributed by atoms with E-state index in [9.17, 15) is 4.79 Å². The highest BCUT2D eigenvalue weighted by atomic mass is 16.2. The molecule has 0 aromatic carbocycles. The number of carbonyl (C=O) groups excluding carboxylic acids is 1. The van der Waals surface area contributed by atoms with Gasteiger partial charge in [0, 0.05) is 26.6 Å². The Balaban J connectivity index is 2.21. The molecule has 0 spiro atoms. The van der Waals surface area contributed by atoms with Crippen LogP contribution in [0.2, 0.25) is 0 Å². The predicted molar refractivity (Wildman–Crippen MR) is 66.4 cm³/mol. The number of hydrogen-bond acceptors (Lipinski definition) is 3. The molecule has 0 radical (unpaired) electrons. The summed E-state index contributed by atoms with van der Waals surface area (Å²) in [5, 5.41) is 3.38. The zero-order valence-electron chi connectivity index (χ0n) is 10.8. The maximum Gasteiger partial charge on any atom is 0.223 e. The van der Waals surface area contributed by atoms with Crippen LogP contribution >= 0.6 is 0 Å². The molecule has 1 amide bonds. The van der Waals surface area contributed by atoms with Gasteiger partial charge in [0.25, 0.3) is 0 Å². The summed E-state index contributed by atoms with van der Waals surface area (Å²) in [6.07, 6.45) is 3.12. The highest BCUT2D eigenvalue weighted by molar-refractivity contribution is 5.76. The lowest BCUT2D eigenvalue weighted by Gasteiger charge is -2.28. The average molecular weight is 227 g/mol. The molecular weight excluding hydrogens is 202 g/mol. The summed E-state index contributed by atoms with van der Waals surface area (Å²) in [7, 11) is 5.92. The van der Waals surface area contributed by atoms with Crippen molar-refractivity contribution in [3.05, 3.63) is 0 Å². The lowest BCUT2D eigenvalue weighted by Crippen LogP contribution is -2.39. The molecule has 1 rings (SSSR count). The third-order valence-electron chi connectivity index (χ3n) is 3.13. The summed E-state index contributed by atoms with van der Waals surface area (Å²) in [6.45, 7) is 3.94. The largest absolute Gasteiger partial charge is 0.345 e. The Morgan fingerprint density at radius 1 is 1.38 bits per heavy atom. The fourth-order valence-electron chi connectivity index (χ4n) is 2.08. The number of nitrogens with zero attached hydrogens (tertiary/aromatic N) is 2. The van der Waals surface area contributed by atoms with Crippen molar-refractivity contribution in [3.63, 3.8) is 0 Å². The highest BCUT2D eigenvalue weighted by Gasteiger charge is 2.17. The molecule has 4 nitrogen and oxygen atoms in total. The van der Waals surface area contributed by atoms with E-state index < -0.39 is 0 Å². The first-order valence-electron chi connectivity index (χ1n) is 6.19. The second kappa shape index (κ2) is 6.86. The van der Waals surface area contributed by atoms with Crippen molar-refractivity contribution < 1.29 is 4.79 Å². The molecule has 1 aliphatic heterocycles. The van der Waals surface area contributed by atoms with Crippen LogP contribution in [0.1, 0.15) is 19.3 Å². The van der Waals surface area contributed by atoms with Crippen molar-refractivity contribution >= 4 is 5.91 Å². The Labute approximate surface area is 99.0 Å². The minimum Gasteiger partial charge on any atom is -0.345 e. The number of nitrogens with one attached hydrogen (secondary N) is 1. The monoisotopic (exact) mass is 227 g/mol. The van der Waals surface area contributed by atoms with Gasteiger partial charge in [-0.05, 0) is 45.9 Å². The van der Waals surface area contributed by atoms with Gasteiger partial charge < -0.3 is 15.1 Å². The van der Waals surface area contributed by atoms with Crippen LogP contribution in [0.5, 0.6) is 0 Å². The second-order valence-electron chi connectivity index (χ2n) is 5.04. The first-order chi connectivity index (χ1) is 7.59. The van der Waals surface area contributed by atoms with Crippen LogP contribution in [0, 0.1) is 5.92 Å². The lowest BCUT2D eigenvalue weighted by molar-refractivity contribution is -0.130. The maximum atomic E-state index is 11.8. The topological polar surface area (TPSA) is 35.6 Å². The third kappa shape index (κ3) is 4.94. The molecule has 94 valence electrons. The number of carbonyl (C=O) groups is 1. The zero-order chi connectivity index (χ0) is 12.0.